The maximum absolute atomic E-state index is 2.46. The number of allylic oxidation sites excluding steroid dienone is 1. The second-order valence-corrected chi connectivity index (χ2v) is 14.1. The number of para-hydroxylation sites is 1. The molecule has 246 valence electrons. The molecule has 0 saturated carbocycles. The van der Waals surface area contributed by atoms with Crippen LogP contribution in [0.4, 0.5) is 17.1 Å². The summed E-state index contributed by atoms with van der Waals surface area (Å²) >= 11 is 0. The zero-order chi connectivity index (χ0) is 34.6. The average molecular weight is 664 g/mol. The maximum atomic E-state index is 2.46. The van der Waals surface area contributed by atoms with Gasteiger partial charge in [0.05, 0.1) is 0 Å². The van der Waals surface area contributed by atoms with E-state index in [9.17, 15) is 0 Å². The number of fused-ring (bicyclic) bond motifs is 7. The maximum Gasteiger partial charge on any atom is 0.0468 e. The first-order valence-corrected chi connectivity index (χ1v) is 18.3. The number of anilines is 3. The van der Waals surface area contributed by atoms with Gasteiger partial charge < -0.3 is 4.90 Å². The summed E-state index contributed by atoms with van der Waals surface area (Å²) in [4.78, 5) is 2.34. The Morgan fingerprint density at radius 3 is 1.87 bits per heavy atom. The molecular formula is C51H37N. The Morgan fingerprint density at radius 2 is 1.08 bits per heavy atom. The minimum Gasteiger partial charge on any atom is -0.310 e. The molecule has 0 spiro atoms. The summed E-state index contributed by atoms with van der Waals surface area (Å²) in [7, 11) is 0. The average Bonchev–Trinajstić information content (AvgIpc) is 3.21. The molecule has 0 atom stereocenters. The molecule has 1 aliphatic rings. The molecule has 0 unspecified atom stereocenters. The minimum atomic E-state index is 1.07. The van der Waals surface area contributed by atoms with Crippen molar-refractivity contribution in [3.05, 3.63) is 193 Å². The molecule has 1 aliphatic carbocycles. The number of hydrogen-bond donors (Lipinski definition) is 0. The normalized spacial score (nSPS) is 12.5. The fraction of sp³-hybridized carbons (Fsp3) is 0.0588. The minimum absolute atomic E-state index is 1.07. The Kier molecular flexibility index (Phi) is 7.25. The van der Waals surface area contributed by atoms with Crippen molar-refractivity contribution in [1.82, 2.24) is 0 Å². The van der Waals surface area contributed by atoms with Gasteiger partial charge in [0.1, 0.15) is 0 Å². The van der Waals surface area contributed by atoms with Crippen molar-refractivity contribution < 1.29 is 0 Å². The third kappa shape index (κ3) is 5.09. The summed E-state index contributed by atoms with van der Waals surface area (Å²) in [6.45, 7) is 2.14. The standard InChI is InChI=1S/C51H37N/c1-34-22-27-41(28-23-34)52(40-14-3-2-4-15-40)42-29-26-36-30-38(25-24-37(36)31-42)49-32-39-33-50(44-21-11-13-35-12-5-6-16-43(35)44)46-18-8-10-20-48(46)51(39)47-19-9-7-17-45(47)49/h2-5,7-15,17-33H,6,16H2,1H3. The van der Waals surface area contributed by atoms with Gasteiger partial charge in [-0.2, -0.15) is 0 Å². The summed E-state index contributed by atoms with van der Waals surface area (Å²) in [6.07, 6.45) is 6.76. The van der Waals surface area contributed by atoms with Crippen LogP contribution in [0.3, 0.4) is 0 Å². The monoisotopic (exact) mass is 663 g/mol. The molecule has 9 aromatic rings. The fourth-order valence-electron chi connectivity index (χ4n) is 8.43. The lowest BCUT2D eigenvalue weighted by Crippen LogP contribution is -2.09. The fourth-order valence-corrected chi connectivity index (χ4v) is 8.43. The highest BCUT2D eigenvalue weighted by atomic mass is 15.1. The van der Waals surface area contributed by atoms with Gasteiger partial charge in [0, 0.05) is 17.1 Å². The second-order valence-electron chi connectivity index (χ2n) is 14.1. The van der Waals surface area contributed by atoms with Gasteiger partial charge in [-0.1, -0.05) is 133 Å². The van der Waals surface area contributed by atoms with E-state index >= 15 is 0 Å². The SMILES string of the molecule is Cc1ccc(N(c2ccccc2)c2ccc3cc(-c4cc5cc(-c6cccc7c6CCC=C7)c6ccccc6c5c5ccccc45)ccc3c2)cc1. The highest BCUT2D eigenvalue weighted by Crippen LogP contribution is 2.44. The van der Waals surface area contributed by atoms with Gasteiger partial charge in [0.25, 0.3) is 0 Å². The first-order valence-electron chi connectivity index (χ1n) is 18.3. The van der Waals surface area contributed by atoms with Crippen LogP contribution >= 0.6 is 0 Å². The lowest BCUT2D eigenvalue weighted by molar-refractivity contribution is 0.988. The van der Waals surface area contributed by atoms with E-state index in [1.807, 2.05) is 0 Å². The van der Waals surface area contributed by atoms with Gasteiger partial charge in [0.2, 0.25) is 0 Å². The molecule has 1 heteroatoms. The number of aryl methyl sites for hydroxylation is 1. The predicted octanol–water partition coefficient (Wildman–Crippen LogP) is 14.4. The lowest BCUT2D eigenvalue weighted by atomic mass is 9.84. The van der Waals surface area contributed by atoms with Crippen molar-refractivity contribution >= 4 is 66.2 Å². The van der Waals surface area contributed by atoms with E-state index in [0.717, 1.165) is 29.9 Å². The Morgan fingerprint density at radius 1 is 0.442 bits per heavy atom. The molecule has 0 N–H and O–H groups in total. The van der Waals surface area contributed by atoms with Crippen LogP contribution in [0.25, 0.3) is 71.4 Å². The molecule has 9 aromatic carbocycles. The van der Waals surface area contributed by atoms with Gasteiger partial charge in [-0.05, 0) is 151 Å². The molecule has 0 radical (unpaired) electrons. The molecule has 52 heavy (non-hydrogen) atoms. The Balaban J connectivity index is 1.15. The Bertz CT molecular complexity index is 2840. The smallest absolute Gasteiger partial charge is 0.0468 e. The van der Waals surface area contributed by atoms with Crippen LogP contribution in [0.1, 0.15) is 23.1 Å². The number of benzene rings is 9. The summed E-state index contributed by atoms with van der Waals surface area (Å²) in [5.41, 5.74) is 12.7. The lowest BCUT2D eigenvalue weighted by Gasteiger charge is -2.26. The third-order valence-corrected chi connectivity index (χ3v) is 10.9. The van der Waals surface area contributed by atoms with Crippen LogP contribution in [-0.4, -0.2) is 0 Å². The van der Waals surface area contributed by atoms with Crippen molar-refractivity contribution in [3.63, 3.8) is 0 Å². The molecule has 0 heterocycles. The molecule has 0 bridgehead atoms. The van der Waals surface area contributed by atoms with E-state index in [-0.39, 0.29) is 0 Å². The van der Waals surface area contributed by atoms with Crippen LogP contribution in [0.5, 0.6) is 0 Å². The van der Waals surface area contributed by atoms with Gasteiger partial charge in [0.15, 0.2) is 0 Å². The summed E-state index contributed by atoms with van der Waals surface area (Å²) in [5.74, 6) is 0. The Labute approximate surface area is 304 Å². The van der Waals surface area contributed by atoms with E-state index in [1.54, 1.807) is 0 Å². The third-order valence-electron chi connectivity index (χ3n) is 10.9. The van der Waals surface area contributed by atoms with Crippen molar-refractivity contribution in [3.8, 4) is 22.3 Å². The van der Waals surface area contributed by atoms with Gasteiger partial charge in [-0.3, -0.25) is 0 Å². The van der Waals surface area contributed by atoms with Crippen LogP contribution in [0, 0.1) is 6.92 Å². The topological polar surface area (TPSA) is 3.24 Å². The zero-order valence-corrected chi connectivity index (χ0v) is 29.2. The highest BCUT2D eigenvalue weighted by Gasteiger charge is 2.18. The van der Waals surface area contributed by atoms with Crippen LogP contribution in [0.15, 0.2) is 176 Å². The highest BCUT2D eigenvalue weighted by molar-refractivity contribution is 6.26. The number of rotatable bonds is 5. The molecule has 0 aromatic heterocycles. The van der Waals surface area contributed by atoms with Crippen molar-refractivity contribution in [2.45, 2.75) is 19.8 Å². The Hall–Kier alpha value is -6.44. The molecule has 0 fully saturated rings. The molecular weight excluding hydrogens is 627 g/mol. The van der Waals surface area contributed by atoms with Crippen molar-refractivity contribution in [1.29, 1.82) is 0 Å². The first kappa shape index (κ1) is 30.4. The molecule has 0 amide bonds. The second kappa shape index (κ2) is 12.4. The number of nitrogens with zero attached hydrogens (tertiary/aromatic N) is 1. The summed E-state index contributed by atoms with van der Waals surface area (Å²) < 4.78 is 0. The largest absolute Gasteiger partial charge is 0.310 e. The van der Waals surface area contributed by atoms with Crippen LogP contribution in [0.2, 0.25) is 0 Å². The van der Waals surface area contributed by atoms with Crippen molar-refractivity contribution in [2.75, 3.05) is 4.90 Å². The molecule has 0 saturated heterocycles. The van der Waals surface area contributed by atoms with Crippen molar-refractivity contribution in [2.24, 2.45) is 0 Å². The molecule has 1 nitrogen and oxygen atoms in total. The van der Waals surface area contributed by atoms with Crippen LogP contribution in [-0.2, 0) is 6.42 Å². The zero-order valence-electron chi connectivity index (χ0n) is 29.2. The van der Waals surface area contributed by atoms with E-state index in [0.29, 0.717) is 0 Å². The van der Waals surface area contributed by atoms with E-state index in [4.69, 9.17) is 0 Å². The number of hydrogen-bond acceptors (Lipinski definition) is 1. The van der Waals surface area contributed by atoms with E-state index in [1.165, 1.54) is 82.0 Å². The summed E-state index contributed by atoms with van der Waals surface area (Å²) in [6, 6.07) is 62.9. The quantitative estimate of drug-likeness (QED) is 0.166. The molecule has 10 rings (SSSR count). The van der Waals surface area contributed by atoms with Gasteiger partial charge >= 0.3 is 0 Å². The first-order chi connectivity index (χ1) is 25.7. The summed E-state index contributed by atoms with van der Waals surface area (Å²) in [5, 5.41) is 10.2. The van der Waals surface area contributed by atoms with E-state index < -0.39 is 0 Å². The van der Waals surface area contributed by atoms with E-state index in [2.05, 4.69) is 194 Å². The van der Waals surface area contributed by atoms with Gasteiger partial charge in [-0.25, -0.2) is 0 Å². The van der Waals surface area contributed by atoms with Gasteiger partial charge in [-0.15, -0.1) is 0 Å². The predicted molar refractivity (Wildman–Crippen MR) is 224 cm³/mol. The van der Waals surface area contributed by atoms with Crippen LogP contribution < -0.4 is 4.90 Å². The molecule has 0 aliphatic heterocycles.